The van der Waals surface area contributed by atoms with Gasteiger partial charge < -0.3 is 4.90 Å². The highest BCUT2D eigenvalue weighted by molar-refractivity contribution is 7.11. The molecule has 0 saturated carbocycles. The van der Waals surface area contributed by atoms with E-state index in [9.17, 15) is 4.79 Å². The molecule has 1 aromatic carbocycles. The Balaban J connectivity index is 1.55. The molecule has 1 aliphatic heterocycles. The molecule has 0 bridgehead atoms. The monoisotopic (exact) mass is 327 g/mol. The molecule has 1 N–H and O–H groups in total. The number of likely N-dealkylation sites (tertiary alicyclic amines) is 1. The summed E-state index contributed by atoms with van der Waals surface area (Å²) in [5.74, 6) is 0.412. The van der Waals surface area contributed by atoms with Gasteiger partial charge in [0.1, 0.15) is 11.0 Å². The molecule has 3 heterocycles. The summed E-state index contributed by atoms with van der Waals surface area (Å²) in [7, 11) is 0. The molecule has 1 amide bonds. The van der Waals surface area contributed by atoms with Crippen LogP contribution in [-0.2, 0) is 0 Å². The molecule has 118 valence electrons. The zero-order valence-electron chi connectivity index (χ0n) is 12.8. The Bertz CT molecular complexity index is 855. The highest BCUT2D eigenvalue weighted by atomic mass is 32.1. The van der Waals surface area contributed by atoms with Gasteiger partial charge in [0.15, 0.2) is 0 Å². The fourth-order valence-corrected chi connectivity index (χ4v) is 3.98. The van der Waals surface area contributed by atoms with Gasteiger partial charge >= 0.3 is 0 Å². The number of aromatic nitrogens is 4. The van der Waals surface area contributed by atoms with E-state index in [1.54, 1.807) is 17.4 Å². The summed E-state index contributed by atoms with van der Waals surface area (Å²) in [6.45, 7) is 3.61. The number of aryl methyl sites for hydroxylation is 1. The highest BCUT2D eigenvalue weighted by Crippen LogP contribution is 2.30. The van der Waals surface area contributed by atoms with E-state index >= 15 is 0 Å². The number of carbonyl (C=O) groups excluding carboxylic acids is 1. The van der Waals surface area contributed by atoms with Crippen LogP contribution in [0.2, 0.25) is 0 Å². The van der Waals surface area contributed by atoms with Crippen molar-refractivity contribution >= 4 is 28.3 Å². The van der Waals surface area contributed by atoms with Crippen molar-refractivity contribution in [2.45, 2.75) is 25.7 Å². The molecular weight excluding hydrogens is 310 g/mol. The van der Waals surface area contributed by atoms with E-state index in [-0.39, 0.29) is 5.91 Å². The number of carbonyl (C=O) groups is 1. The Kier molecular flexibility index (Phi) is 3.57. The van der Waals surface area contributed by atoms with Crippen molar-refractivity contribution in [2.24, 2.45) is 0 Å². The number of fused-ring (bicyclic) bond motifs is 1. The molecule has 2 aromatic heterocycles. The van der Waals surface area contributed by atoms with Crippen LogP contribution in [0.1, 0.15) is 39.0 Å². The number of H-pyrrole nitrogens is 1. The first-order valence-corrected chi connectivity index (χ1v) is 8.54. The maximum Gasteiger partial charge on any atom is 0.253 e. The van der Waals surface area contributed by atoms with Gasteiger partial charge in [-0.1, -0.05) is 0 Å². The van der Waals surface area contributed by atoms with Crippen molar-refractivity contribution in [3.63, 3.8) is 0 Å². The molecule has 0 aliphatic carbocycles. The quantitative estimate of drug-likeness (QED) is 0.785. The second-order valence-electron chi connectivity index (χ2n) is 5.93. The van der Waals surface area contributed by atoms with E-state index in [0.29, 0.717) is 11.5 Å². The molecule has 1 unspecified atom stereocenters. The van der Waals surface area contributed by atoms with E-state index in [2.05, 4.69) is 27.3 Å². The molecule has 6 nitrogen and oxygen atoms in total. The Labute approximate surface area is 137 Å². The number of nitrogens with zero attached hydrogens (tertiary/aromatic N) is 4. The molecule has 3 aromatic rings. The maximum absolute atomic E-state index is 12.8. The van der Waals surface area contributed by atoms with Crippen LogP contribution in [0.15, 0.2) is 24.4 Å². The minimum absolute atomic E-state index is 0.0629. The highest BCUT2D eigenvalue weighted by Gasteiger charge is 2.27. The van der Waals surface area contributed by atoms with Crippen LogP contribution < -0.4 is 0 Å². The molecule has 7 heteroatoms. The van der Waals surface area contributed by atoms with E-state index in [4.69, 9.17) is 0 Å². The number of nitrogens with one attached hydrogen (secondary N) is 1. The molecule has 1 saturated heterocycles. The average Bonchev–Trinajstić information content (AvgIpc) is 3.22. The number of rotatable bonds is 2. The van der Waals surface area contributed by atoms with Crippen molar-refractivity contribution in [3.05, 3.63) is 39.8 Å². The number of thiazole rings is 1. The third kappa shape index (κ3) is 2.72. The average molecular weight is 327 g/mol. The van der Waals surface area contributed by atoms with Crippen LogP contribution >= 0.6 is 11.3 Å². The van der Waals surface area contributed by atoms with Gasteiger partial charge in [-0.2, -0.15) is 15.4 Å². The minimum atomic E-state index is 0.0629. The number of amides is 1. The molecule has 0 radical (unpaired) electrons. The van der Waals surface area contributed by atoms with E-state index in [0.717, 1.165) is 42.0 Å². The third-order valence-corrected chi connectivity index (χ3v) is 5.34. The topological polar surface area (TPSA) is 74.8 Å². The summed E-state index contributed by atoms with van der Waals surface area (Å²) in [5, 5.41) is 11.8. The van der Waals surface area contributed by atoms with Gasteiger partial charge in [-0.25, -0.2) is 4.98 Å². The predicted molar refractivity (Wildman–Crippen MR) is 88.6 cm³/mol. The molecule has 1 aliphatic rings. The van der Waals surface area contributed by atoms with Crippen LogP contribution in [0.5, 0.6) is 0 Å². The standard InChI is InChI=1S/C16H17N5OS/c1-10-8-17-15(23-10)12-3-2-6-21(9-12)16(22)11-4-5-13-14(7-11)19-20-18-13/h4-5,7-8,12H,2-3,6,9H2,1H3,(H,18,19,20). The first kappa shape index (κ1) is 14.3. The van der Waals surface area contributed by atoms with Gasteiger partial charge in [-0.05, 0) is 38.0 Å². The summed E-state index contributed by atoms with van der Waals surface area (Å²) in [6, 6.07) is 5.46. The van der Waals surface area contributed by atoms with Crippen molar-refractivity contribution in [1.82, 2.24) is 25.3 Å². The van der Waals surface area contributed by atoms with Gasteiger partial charge in [-0.3, -0.25) is 4.79 Å². The van der Waals surface area contributed by atoms with Gasteiger partial charge in [0.2, 0.25) is 0 Å². The van der Waals surface area contributed by atoms with E-state index in [1.165, 1.54) is 4.88 Å². The summed E-state index contributed by atoms with van der Waals surface area (Å²) in [5.41, 5.74) is 2.17. The van der Waals surface area contributed by atoms with Gasteiger partial charge in [-0.15, -0.1) is 11.3 Å². The van der Waals surface area contributed by atoms with Crippen LogP contribution in [-0.4, -0.2) is 44.3 Å². The normalized spacial score (nSPS) is 18.5. The first-order valence-electron chi connectivity index (χ1n) is 7.73. The summed E-state index contributed by atoms with van der Waals surface area (Å²) in [4.78, 5) is 20.5. The fraction of sp³-hybridized carbons (Fsp3) is 0.375. The number of piperidine rings is 1. The van der Waals surface area contributed by atoms with Gasteiger partial charge in [0.25, 0.3) is 5.91 Å². The summed E-state index contributed by atoms with van der Waals surface area (Å²) in [6.07, 6.45) is 4.03. The van der Waals surface area contributed by atoms with E-state index in [1.807, 2.05) is 23.2 Å². The van der Waals surface area contributed by atoms with Crippen LogP contribution in [0.4, 0.5) is 0 Å². The minimum Gasteiger partial charge on any atom is -0.338 e. The second kappa shape index (κ2) is 5.73. The number of hydrogen-bond acceptors (Lipinski definition) is 5. The number of aromatic amines is 1. The van der Waals surface area contributed by atoms with Crippen molar-refractivity contribution in [3.8, 4) is 0 Å². The Hall–Kier alpha value is -2.28. The largest absolute Gasteiger partial charge is 0.338 e. The Morgan fingerprint density at radius 3 is 3.04 bits per heavy atom. The number of benzene rings is 1. The molecular formula is C16H17N5OS. The summed E-state index contributed by atoms with van der Waals surface area (Å²) < 4.78 is 0. The lowest BCUT2D eigenvalue weighted by molar-refractivity contribution is 0.0707. The molecule has 1 fully saturated rings. The second-order valence-corrected chi connectivity index (χ2v) is 7.19. The molecule has 0 spiro atoms. The van der Waals surface area contributed by atoms with Crippen LogP contribution in [0.3, 0.4) is 0 Å². The first-order chi connectivity index (χ1) is 11.2. The maximum atomic E-state index is 12.8. The van der Waals surface area contributed by atoms with Crippen molar-refractivity contribution < 1.29 is 4.79 Å². The lowest BCUT2D eigenvalue weighted by Crippen LogP contribution is -2.39. The lowest BCUT2D eigenvalue weighted by atomic mass is 9.98. The molecule has 1 atom stereocenters. The van der Waals surface area contributed by atoms with Crippen LogP contribution in [0, 0.1) is 6.92 Å². The zero-order valence-corrected chi connectivity index (χ0v) is 13.6. The number of hydrogen-bond donors (Lipinski definition) is 1. The zero-order chi connectivity index (χ0) is 15.8. The molecule has 4 rings (SSSR count). The third-order valence-electron chi connectivity index (χ3n) is 4.26. The van der Waals surface area contributed by atoms with Crippen molar-refractivity contribution in [1.29, 1.82) is 0 Å². The molecule has 23 heavy (non-hydrogen) atoms. The Morgan fingerprint density at radius 2 is 2.22 bits per heavy atom. The van der Waals surface area contributed by atoms with Gasteiger partial charge in [0.05, 0.1) is 5.01 Å². The lowest BCUT2D eigenvalue weighted by Gasteiger charge is -2.31. The SMILES string of the molecule is Cc1cnc(C2CCCN(C(=O)c3ccc4n[nH]nc4c3)C2)s1. The van der Waals surface area contributed by atoms with Gasteiger partial charge in [0, 0.05) is 35.6 Å². The fourth-order valence-electron chi connectivity index (χ4n) is 3.08. The smallest absolute Gasteiger partial charge is 0.253 e. The van der Waals surface area contributed by atoms with E-state index < -0.39 is 0 Å². The summed E-state index contributed by atoms with van der Waals surface area (Å²) >= 11 is 1.74. The Morgan fingerprint density at radius 1 is 1.35 bits per heavy atom. The predicted octanol–water partition coefficient (Wildman–Crippen LogP) is 2.74. The van der Waals surface area contributed by atoms with Crippen molar-refractivity contribution in [2.75, 3.05) is 13.1 Å². The van der Waals surface area contributed by atoms with Crippen LogP contribution in [0.25, 0.3) is 11.0 Å².